The molecule has 0 radical (unpaired) electrons. The molecule has 2 fully saturated rings. The quantitative estimate of drug-likeness (QED) is 0.569. The lowest BCUT2D eigenvalue weighted by atomic mass is 9.71. The molecule has 0 saturated carbocycles. The number of urea groups is 2. The number of nitrogens with zero attached hydrogens (tertiary/aromatic N) is 4. The van der Waals surface area contributed by atoms with E-state index in [1.54, 1.807) is 12.1 Å². The minimum Gasteiger partial charge on any atom is -0.311 e. The minimum absolute atomic E-state index is 0.0445. The number of hydrogen-bond donors (Lipinski definition) is 2. The Bertz CT molecular complexity index is 1120. The third-order valence-electron chi connectivity index (χ3n) is 6.77. The summed E-state index contributed by atoms with van der Waals surface area (Å²) in [6, 6.07) is 4.65. The predicted octanol–water partition coefficient (Wildman–Crippen LogP) is -0.788. The van der Waals surface area contributed by atoms with Crippen LogP contribution in [0.5, 0.6) is 0 Å². The number of hydrogen-bond acceptors (Lipinski definition) is 8. The maximum atomic E-state index is 13.8. The molecule has 178 valence electrons. The van der Waals surface area contributed by atoms with Crippen molar-refractivity contribution in [2.24, 2.45) is 23.3 Å². The SMILES string of the molecule is CN1C(=O)C(C2=C(C3C(=O)N(C)C(=O)N(C)C3N)C(=O)c3ccccc3C2=O)C(N)N(C)C1=O. The number of imide groups is 2. The molecule has 4 N–H and O–H groups in total. The fourth-order valence-electron chi connectivity index (χ4n) is 4.69. The van der Waals surface area contributed by atoms with Crippen LogP contribution in [0, 0.1) is 11.8 Å². The molecule has 2 saturated heterocycles. The molecule has 1 aromatic rings. The van der Waals surface area contributed by atoms with Crippen LogP contribution in [0.3, 0.4) is 0 Å². The van der Waals surface area contributed by atoms with Gasteiger partial charge in [-0.25, -0.2) is 9.59 Å². The van der Waals surface area contributed by atoms with Gasteiger partial charge in [-0.2, -0.15) is 0 Å². The van der Waals surface area contributed by atoms with Crippen LogP contribution >= 0.6 is 0 Å². The number of carbonyl (C=O) groups excluding carboxylic acids is 6. The minimum atomic E-state index is -1.43. The average molecular weight is 468 g/mol. The van der Waals surface area contributed by atoms with Gasteiger partial charge < -0.3 is 21.3 Å². The monoisotopic (exact) mass is 468 g/mol. The van der Waals surface area contributed by atoms with Gasteiger partial charge in [-0.1, -0.05) is 24.3 Å². The molecule has 0 spiro atoms. The van der Waals surface area contributed by atoms with Crippen molar-refractivity contribution in [3.63, 3.8) is 0 Å². The molecule has 1 aliphatic carbocycles. The van der Waals surface area contributed by atoms with Crippen LogP contribution in [0.15, 0.2) is 35.4 Å². The van der Waals surface area contributed by atoms with Crippen LogP contribution in [0.25, 0.3) is 0 Å². The lowest BCUT2D eigenvalue weighted by molar-refractivity contribution is -0.137. The van der Waals surface area contributed by atoms with Gasteiger partial charge in [-0.3, -0.25) is 29.0 Å². The van der Waals surface area contributed by atoms with Crippen LogP contribution in [0.1, 0.15) is 20.7 Å². The summed E-state index contributed by atoms with van der Waals surface area (Å²) in [6.45, 7) is 0. The number of ketones is 2. The molecule has 2 heterocycles. The molecule has 3 aliphatic rings. The Morgan fingerprint density at radius 1 is 0.618 bits per heavy atom. The van der Waals surface area contributed by atoms with E-state index < -0.39 is 59.6 Å². The molecule has 0 aromatic heterocycles. The third-order valence-corrected chi connectivity index (χ3v) is 6.77. The maximum Gasteiger partial charge on any atom is 0.327 e. The maximum absolute atomic E-state index is 13.8. The van der Waals surface area contributed by atoms with E-state index in [9.17, 15) is 28.8 Å². The van der Waals surface area contributed by atoms with Gasteiger partial charge in [0, 0.05) is 50.5 Å². The predicted molar refractivity (Wildman–Crippen MR) is 117 cm³/mol. The van der Waals surface area contributed by atoms with Crippen molar-refractivity contribution in [3.8, 4) is 0 Å². The van der Waals surface area contributed by atoms with Crippen molar-refractivity contribution in [1.82, 2.24) is 19.6 Å². The van der Waals surface area contributed by atoms with Crippen molar-refractivity contribution in [1.29, 1.82) is 0 Å². The molecule has 4 unspecified atom stereocenters. The van der Waals surface area contributed by atoms with E-state index in [-0.39, 0.29) is 22.3 Å². The third kappa shape index (κ3) is 2.99. The van der Waals surface area contributed by atoms with Gasteiger partial charge in [0.2, 0.25) is 11.8 Å². The summed E-state index contributed by atoms with van der Waals surface area (Å²) in [5, 5.41) is 0. The summed E-state index contributed by atoms with van der Waals surface area (Å²) in [6.07, 6.45) is -2.56. The first-order chi connectivity index (χ1) is 15.9. The standard InChI is InChI=1S/C22H24N6O6/c1-25-17(23)13(19(31)27(3)21(25)33)11-12(14-18(24)26(2)22(34)28(4)20(14)32)16(30)10-8-6-5-7-9(10)15(11)29/h5-8,13-14,17-18H,23-24H2,1-4H3. The van der Waals surface area contributed by atoms with E-state index in [2.05, 4.69) is 0 Å². The van der Waals surface area contributed by atoms with Crippen molar-refractivity contribution in [3.05, 3.63) is 46.5 Å². The summed E-state index contributed by atoms with van der Waals surface area (Å²) in [7, 11) is 5.20. The lowest BCUT2D eigenvalue weighted by Crippen LogP contribution is -2.65. The van der Waals surface area contributed by atoms with Crippen molar-refractivity contribution >= 4 is 35.4 Å². The molecule has 12 heteroatoms. The zero-order valence-corrected chi connectivity index (χ0v) is 19.0. The fraction of sp³-hybridized carbons (Fsp3) is 0.364. The van der Waals surface area contributed by atoms with Crippen LogP contribution in [0.2, 0.25) is 0 Å². The Hall–Kier alpha value is -3.90. The Balaban J connectivity index is 2.02. The molecule has 4 atom stereocenters. The molecule has 0 bridgehead atoms. The largest absolute Gasteiger partial charge is 0.327 e. The molecule has 4 rings (SSSR count). The van der Waals surface area contributed by atoms with Crippen molar-refractivity contribution in [2.45, 2.75) is 12.3 Å². The van der Waals surface area contributed by atoms with Gasteiger partial charge in [0.15, 0.2) is 11.6 Å². The highest BCUT2D eigenvalue weighted by Crippen LogP contribution is 2.40. The highest BCUT2D eigenvalue weighted by Gasteiger charge is 2.53. The first-order valence-corrected chi connectivity index (χ1v) is 10.4. The molecule has 34 heavy (non-hydrogen) atoms. The van der Waals surface area contributed by atoms with E-state index in [1.807, 2.05) is 0 Å². The van der Waals surface area contributed by atoms with Crippen molar-refractivity contribution < 1.29 is 28.8 Å². The molecule has 6 amide bonds. The highest BCUT2D eigenvalue weighted by molar-refractivity contribution is 6.30. The summed E-state index contributed by atoms with van der Waals surface area (Å²) in [4.78, 5) is 82.5. The first kappa shape index (κ1) is 23.3. The van der Waals surface area contributed by atoms with Gasteiger partial charge in [0.05, 0.1) is 12.3 Å². The average Bonchev–Trinajstić information content (AvgIpc) is 2.83. The number of nitrogens with two attached hydrogens (primary N) is 2. The lowest BCUT2D eigenvalue weighted by Gasteiger charge is -2.44. The molecule has 12 nitrogen and oxygen atoms in total. The van der Waals surface area contributed by atoms with Gasteiger partial charge in [-0.05, 0) is 0 Å². The van der Waals surface area contributed by atoms with E-state index >= 15 is 0 Å². The van der Waals surface area contributed by atoms with E-state index in [0.29, 0.717) is 0 Å². The van der Waals surface area contributed by atoms with Crippen LogP contribution < -0.4 is 11.5 Å². The number of carbonyl (C=O) groups is 6. The summed E-state index contributed by atoms with van der Waals surface area (Å²) in [5.74, 6) is -5.78. The Morgan fingerprint density at radius 3 is 1.26 bits per heavy atom. The second-order valence-corrected chi connectivity index (χ2v) is 8.55. The molecular weight excluding hydrogens is 444 g/mol. The summed E-state index contributed by atoms with van der Waals surface area (Å²) >= 11 is 0. The van der Waals surface area contributed by atoms with Crippen LogP contribution in [-0.4, -0.2) is 95.6 Å². The second kappa shape index (κ2) is 7.85. The summed E-state index contributed by atoms with van der Waals surface area (Å²) in [5.41, 5.74) is 12.0. The van der Waals surface area contributed by atoms with Gasteiger partial charge in [-0.15, -0.1) is 0 Å². The van der Waals surface area contributed by atoms with E-state index in [1.165, 1.54) is 40.3 Å². The number of benzene rings is 1. The first-order valence-electron chi connectivity index (χ1n) is 10.4. The zero-order chi connectivity index (χ0) is 25.2. The van der Waals surface area contributed by atoms with Crippen LogP contribution in [-0.2, 0) is 9.59 Å². The number of rotatable bonds is 2. The zero-order valence-electron chi connectivity index (χ0n) is 19.0. The number of fused-ring (bicyclic) bond motifs is 1. The Labute approximate surface area is 194 Å². The number of amides is 6. The Kier molecular flexibility index (Phi) is 5.37. The van der Waals surface area contributed by atoms with Gasteiger partial charge in [0.1, 0.15) is 11.8 Å². The van der Waals surface area contributed by atoms with E-state index in [4.69, 9.17) is 11.5 Å². The molecular formula is C22H24N6O6. The van der Waals surface area contributed by atoms with E-state index in [0.717, 1.165) is 19.6 Å². The normalized spacial score (nSPS) is 28.3. The smallest absolute Gasteiger partial charge is 0.311 e. The molecule has 1 aromatic carbocycles. The van der Waals surface area contributed by atoms with Gasteiger partial charge >= 0.3 is 12.1 Å². The fourth-order valence-corrected chi connectivity index (χ4v) is 4.69. The van der Waals surface area contributed by atoms with Crippen molar-refractivity contribution in [2.75, 3.05) is 28.2 Å². The second-order valence-electron chi connectivity index (χ2n) is 8.55. The van der Waals surface area contributed by atoms with Gasteiger partial charge in [0.25, 0.3) is 0 Å². The summed E-state index contributed by atoms with van der Waals surface area (Å²) < 4.78 is 0. The topological polar surface area (TPSA) is 167 Å². The Morgan fingerprint density at radius 2 is 0.941 bits per heavy atom. The number of Topliss-reactive ketones (excluding diaryl/α,β-unsaturated/α-hetero) is 2. The molecule has 2 aliphatic heterocycles. The highest BCUT2D eigenvalue weighted by atomic mass is 16.2. The van der Waals surface area contributed by atoms with Crippen LogP contribution in [0.4, 0.5) is 9.59 Å².